The number of aliphatic carboxylic acids is 1. The standard InChI is InChI=1S/C11H21NO4/c1-2-3-8-16-11(15)9(10(13)14)6-4-5-7-12/h9H,2-8,12H2,1H3,(H,13,14). The summed E-state index contributed by atoms with van der Waals surface area (Å²) in [5.41, 5.74) is 5.30. The lowest BCUT2D eigenvalue weighted by molar-refractivity contribution is -0.159. The number of nitrogens with two attached hydrogens (primary N) is 1. The smallest absolute Gasteiger partial charge is 0.320 e. The number of rotatable bonds is 9. The molecular weight excluding hydrogens is 210 g/mol. The van der Waals surface area contributed by atoms with E-state index in [2.05, 4.69) is 0 Å². The van der Waals surface area contributed by atoms with Crippen molar-refractivity contribution in [2.24, 2.45) is 11.7 Å². The van der Waals surface area contributed by atoms with Crippen molar-refractivity contribution in [3.63, 3.8) is 0 Å². The van der Waals surface area contributed by atoms with Gasteiger partial charge >= 0.3 is 11.9 Å². The van der Waals surface area contributed by atoms with Crippen molar-refractivity contribution >= 4 is 11.9 Å². The summed E-state index contributed by atoms with van der Waals surface area (Å²) in [6.45, 7) is 2.79. The highest BCUT2D eigenvalue weighted by Crippen LogP contribution is 2.11. The number of esters is 1. The highest BCUT2D eigenvalue weighted by atomic mass is 16.5. The molecule has 0 spiro atoms. The van der Waals surface area contributed by atoms with Crippen molar-refractivity contribution in [1.29, 1.82) is 0 Å². The second kappa shape index (κ2) is 9.15. The van der Waals surface area contributed by atoms with Gasteiger partial charge < -0.3 is 15.6 Å². The Morgan fingerprint density at radius 3 is 2.50 bits per heavy atom. The van der Waals surface area contributed by atoms with Crippen LogP contribution in [0.3, 0.4) is 0 Å². The molecule has 0 aromatic rings. The van der Waals surface area contributed by atoms with E-state index in [1.165, 1.54) is 0 Å². The summed E-state index contributed by atoms with van der Waals surface area (Å²) in [7, 11) is 0. The summed E-state index contributed by atoms with van der Waals surface area (Å²) < 4.78 is 4.89. The van der Waals surface area contributed by atoms with Crippen LogP contribution in [0.1, 0.15) is 39.0 Å². The zero-order valence-corrected chi connectivity index (χ0v) is 9.78. The molecule has 5 nitrogen and oxygen atoms in total. The Balaban J connectivity index is 3.98. The Bertz CT molecular complexity index is 218. The first-order valence-corrected chi connectivity index (χ1v) is 5.73. The lowest BCUT2D eigenvalue weighted by Gasteiger charge is -2.11. The van der Waals surface area contributed by atoms with E-state index in [0.29, 0.717) is 26.0 Å². The van der Waals surface area contributed by atoms with Crippen molar-refractivity contribution in [2.45, 2.75) is 39.0 Å². The molecule has 0 saturated heterocycles. The van der Waals surface area contributed by atoms with E-state index < -0.39 is 17.9 Å². The first kappa shape index (κ1) is 14.9. The number of carbonyl (C=O) groups excluding carboxylic acids is 1. The molecule has 1 unspecified atom stereocenters. The Kier molecular flexibility index (Phi) is 8.52. The third-order valence-electron chi connectivity index (χ3n) is 2.27. The van der Waals surface area contributed by atoms with Crippen LogP contribution in [0.2, 0.25) is 0 Å². The molecule has 94 valence electrons. The van der Waals surface area contributed by atoms with Crippen LogP contribution in [-0.2, 0) is 14.3 Å². The summed E-state index contributed by atoms with van der Waals surface area (Å²) in [5.74, 6) is -2.78. The van der Waals surface area contributed by atoms with Gasteiger partial charge in [0, 0.05) is 0 Å². The van der Waals surface area contributed by atoms with Crippen molar-refractivity contribution in [3.8, 4) is 0 Å². The van der Waals surface area contributed by atoms with Crippen LogP contribution in [-0.4, -0.2) is 30.2 Å². The fourth-order valence-electron chi connectivity index (χ4n) is 1.25. The Labute approximate surface area is 96.0 Å². The van der Waals surface area contributed by atoms with Crippen LogP contribution in [0.5, 0.6) is 0 Å². The minimum Gasteiger partial charge on any atom is -0.481 e. The quantitative estimate of drug-likeness (QED) is 0.353. The summed E-state index contributed by atoms with van der Waals surface area (Å²) in [6.07, 6.45) is 3.35. The highest BCUT2D eigenvalue weighted by molar-refractivity contribution is 5.93. The van der Waals surface area contributed by atoms with Crippen molar-refractivity contribution in [2.75, 3.05) is 13.2 Å². The van der Waals surface area contributed by atoms with Gasteiger partial charge in [-0.2, -0.15) is 0 Å². The van der Waals surface area contributed by atoms with Gasteiger partial charge in [0.25, 0.3) is 0 Å². The third-order valence-corrected chi connectivity index (χ3v) is 2.27. The number of carboxylic acid groups (broad SMARTS) is 1. The van der Waals surface area contributed by atoms with Crippen LogP contribution in [0.15, 0.2) is 0 Å². The molecule has 0 amide bonds. The molecule has 0 aliphatic carbocycles. The summed E-state index contributed by atoms with van der Waals surface area (Å²) in [4.78, 5) is 22.3. The van der Waals surface area contributed by atoms with E-state index in [0.717, 1.165) is 19.3 Å². The molecule has 0 fully saturated rings. The number of carboxylic acids is 1. The maximum Gasteiger partial charge on any atom is 0.320 e. The van der Waals surface area contributed by atoms with E-state index in [-0.39, 0.29) is 0 Å². The van der Waals surface area contributed by atoms with Crippen molar-refractivity contribution in [1.82, 2.24) is 0 Å². The maximum atomic E-state index is 11.4. The molecule has 0 rings (SSSR count). The number of carbonyl (C=O) groups is 2. The van der Waals surface area contributed by atoms with Gasteiger partial charge in [-0.05, 0) is 25.8 Å². The number of hydrogen-bond acceptors (Lipinski definition) is 4. The molecule has 0 bridgehead atoms. The molecule has 0 aromatic heterocycles. The first-order chi connectivity index (χ1) is 7.63. The van der Waals surface area contributed by atoms with Gasteiger partial charge in [-0.25, -0.2) is 0 Å². The van der Waals surface area contributed by atoms with Gasteiger partial charge in [-0.15, -0.1) is 0 Å². The Hall–Kier alpha value is -1.10. The molecule has 1 atom stereocenters. The molecular formula is C11H21NO4. The third kappa shape index (κ3) is 6.40. The SMILES string of the molecule is CCCCOC(=O)C(CCCCN)C(=O)O. The fourth-order valence-corrected chi connectivity index (χ4v) is 1.25. The number of unbranched alkanes of at least 4 members (excludes halogenated alkanes) is 2. The predicted octanol–water partition coefficient (Wildman–Crippen LogP) is 1.16. The summed E-state index contributed by atoms with van der Waals surface area (Å²) in [6, 6.07) is 0. The van der Waals surface area contributed by atoms with Gasteiger partial charge in [0.2, 0.25) is 0 Å². The largest absolute Gasteiger partial charge is 0.481 e. The van der Waals surface area contributed by atoms with Gasteiger partial charge in [0.1, 0.15) is 0 Å². The van der Waals surface area contributed by atoms with Gasteiger partial charge in [0.05, 0.1) is 6.61 Å². The number of ether oxygens (including phenoxy) is 1. The second-order valence-electron chi connectivity index (χ2n) is 3.70. The lowest BCUT2D eigenvalue weighted by Crippen LogP contribution is -2.26. The topological polar surface area (TPSA) is 89.6 Å². The second-order valence-corrected chi connectivity index (χ2v) is 3.70. The molecule has 0 aliphatic rings. The minimum atomic E-state index is -1.11. The average molecular weight is 231 g/mol. The predicted molar refractivity (Wildman–Crippen MR) is 59.9 cm³/mol. The van der Waals surface area contributed by atoms with E-state index in [9.17, 15) is 9.59 Å². The number of hydrogen-bond donors (Lipinski definition) is 2. The monoisotopic (exact) mass is 231 g/mol. The molecule has 0 heterocycles. The lowest BCUT2D eigenvalue weighted by atomic mass is 10.0. The summed E-state index contributed by atoms with van der Waals surface area (Å²) in [5, 5.41) is 8.87. The minimum absolute atomic E-state index is 0.302. The van der Waals surface area contributed by atoms with E-state index >= 15 is 0 Å². The highest BCUT2D eigenvalue weighted by Gasteiger charge is 2.26. The Morgan fingerprint density at radius 1 is 1.31 bits per heavy atom. The normalized spacial score (nSPS) is 12.1. The van der Waals surface area contributed by atoms with Gasteiger partial charge in [-0.1, -0.05) is 19.8 Å². The van der Waals surface area contributed by atoms with Gasteiger partial charge in [0.15, 0.2) is 5.92 Å². The Morgan fingerprint density at radius 2 is 2.00 bits per heavy atom. The zero-order chi connectivity index (χ0) is 12.4. The molecule has 16 heavy (non-hydrogen) atoms. The van der Waals surface area contributed by atoms with Crippen LogP contribution < -0.4 is 5.73 Å². The van der Waals surface area contributed by atoms with E-state index in [1.807, 2.05) is 6.92 Å². The average Bonchev–Trinajstić information content (AvgIpc) is 2.24. The van der Waals surface area contributed by atoms with Crippen LogP contribution in [0, 0.1) is 5.92 Å². The van der Waals surface area contributed by atoms with E-state index in [4.69, 9.17) is 15.6 Å². The first-order valence-electron chi connectivity index (χ1n) is 5.73. The molecule has 0 saturated carbocycles. The van der Waals surface area contributed by atoms with Crippen LogP contribution in [0.25, 0.3) is 0 Å². The molecule has 0 aliphatic heterocycles. The zero-order valence-electron chi connectivity index (χ0n) is 9.78. The maximum absolute atomic E-state index is 11.4. The molecule has 3 N–H and O–H groups in total. The molecule has 5 heteroatoms. The molecule has 0 aromatic carbocycles. The van der Waals surface area contributed by atoms with Crippen molar-refractivity contribution in [3.05, 3.63) is 0 Å². The van der Waals surface area contributed by atoms with E-state index in [1.54, 1.807) is 0 Å². The molecule has 0 radical (unpaired) electrons. The van der Waals surface area contributed by atoms with Crippen LogP contribution >= 0.6 is 0 Å². The van der Waals surface area contributed by atoms with Crippen LogP contribution in [0.4, 0.5) is 0 Å². The fraction of sp³-hybridized carbons (Fsp3) is 0.818. The van der Waals surface area contributed by atoms with Gasteiger partial charge in [-0.3, -0.25) is 9.59 Å². The van der Waals surface area contributed by atoms with Crippen molar-refractivity contribution < 1.29 is 19.4 Å². The summed E-state index contributed by atoms with van der Waals surface area (Å²) >= 11 is 0.